The van der Waals surface area contributed by atoms with E-state index in [1.165, 1.54) is 6.08 Å². The molecule has 2 amide bonds. The summed E-state index contributed by atoms with van der Waals surface area (Å²) in [5.41, 5.74) is 0.946. The second-order valence-corrected chi connectivity index (χ2v) is 5.59. The molecule has 0 unspecified atom stereocenters. The number of amides is 2. The first-order valence-corrected chi connectivity index (χ1v) is 8.27. The first kappa shape index (κ1) is 19.1. The number of piperazine rings is 1. The van der Waals surface area contributed by atoms with Crippen LogP contribution in [0.5, 0.6) is 0 Å². The van der Waals surface area contributed by atoms with E-state index in [2.05, 4.69) is 35.0 Å². The molecule has 1 fully saturated rings. The van der Waals surface area contributed by atoms with Crippen LogP contribution in [-0.2, 0) is 4.79 Å². The van der Waals surface area contributed by atoms with Gasteiger partial charge in [0.05, 0.1) is 0 Å². The fraction of sp³-hybridized carbons (Fsp3) is 0.263. The maximum absolute atomic E-state index is 12.1. The summed E-state index contributed by atoms with van der Waals surface area (Å²) in [6.07, 6.45) is 6.29. The van der Waals surface area contributed by atoms with Crippen LogP contribution in [0.25, 0.3) is 5.57 Å². The molecule has 136 valence electrons. The van der Waals surface area contributed by atoms with Crippen molar-refractivity contribution in [1.82, 2.24) is 20.2 Å². The van der Waals surface area contributed by atoms with Crippen molar-refractivity contribution < 1.29 is 9.59 Å². The summed E-state index contributed by atoms with van der Waals surface area (Å²) >= 11 is 0. The van der Waals surface area contributed by atoms with Crippen LogP contribution in [0.4, 0.5) is 5.82 Å². The molecule has 0 atom stereocenters. The molecule has 1 saturated heterocycles. The van der Waals surface area contributed by atoms with Gasteiger partial charge in [-0.2, -0.15) is 0 Å². The van der Waals surface area contributed by atoms with Crippen LogP contribution in [0, 0.1) is 0 Å². The van der Waals surface area contributed by atoms with Gasteiger partial charge in [0.1, 0.15) is 11.5 Å². The Bertz CT molecular complexity index is 761. The molecule has 2 rings (SSSR count). The average Bonchev–Trinajstić information content (AvgIpc) is 2.70. The standard InChI is InChI=1S/C19H23N5O2/c1-5-8-14(6-2)18-21-15(19(26)20-4)13-16(22-18)23-9-11-24(12-10-23)17(25)7-3/h5-8,13H,1-3,9-12H2,4H3,(H,20,26)/b14-8+. The molecule has 0 spiro atoms. The van der Waals surface area contributed by atoms with E-state index in [1.807, 2.05) is 4.90 Å². The molecule has 0 aliphatic carbocycles. The second kappa shape index (κ2) is 8.75. The summed E-state index contributed by atoms with van der Waals surface area (Å²) in [5.74, 6) is 0.663. The van der Waals surface area contributed by atoms with Crippen LogP contribution in [0.15, 0.2) is 50.1 Å². The minimum Gasteiger partial charge on any atom is -0.354 e. The van der Waals surface area contributed by atoms with E-state index >= 15 is 0 Å². The monoisotopic (exact) mass is 353 g/mol. The van der Waals surface area contributed by atoms with Gasteiger partial charge in [-0.1, -0.05) is 38.0 Å². The van der Waals surface area contributed by atoms with E-state index < -0.39 is 0 Å². The Morgan fingerprint density at radius 3 is 2.35 bits per heavy atom. The third kappa shape index (κ3) is 4.24. The maximum atomic E-state index is 12.1. The summed E-state index contributed by atoms with van der Waals surface area (Å²) < 4.78 is 0. The molecule has 7 nitrogen and oxygen atoms in total. The average molecular weight is 353 g/mol. The number of nitrogens with one attached hydrogen (secondary N) is 1. The summed E-state index contributed by atoms with van der Waals surface area (Å²) in [7, 11) is 1.55. The number of rotatable bonds is 6. The van der Waals surface area contributed by atoms with Gasteiger partial charge in [0.15, 0.2) is 5.82 Å². The van der Waals surface area contributed by atoms with Crippen LogP contribution < -0.4 is 10.2 Å². The Morgan fingerprint density at radius 2 is 1.81 bits per heavy atom. The number of hydrogen-bond donors (Lipinski definition) is 1. The summed E-state index contributed by atoms with van der Waals surface area (Å²) in [4.78, 5) is 36.5. The molecule has 7 heteroatoms. The van der Waals surface area contributed by atoms with Crippen molar-refractivity contribution in [3.63, 3.8) is 0 Å². The Balaban J connectivity index is 2.36. The van der Waals surface area contributed by atoms with Gasteiger partial charge in [-0.3, -0.25) is 9.59 Å². The van der Waals surface area contributed by atoms with Crippen LogP contribution in [-0.4, -0.2) is 59.9 Å². The van der Waals surface area contributed by atoms with E-state index in [0.717, 1.165) is 0 Å². The lowest BCUT2D eigenvalue weighted by atomic mass is 10.2. The normalized spacial score (nSPS) is 14.6. The lowest BCUT2D eigenvalue weighted by molar-refractivity contribution is -0.126. The highest BCUT2D eigenvalue weighted by Crippen LogP contribution is 2.20. The fourth-order valence-corrected chi connectivity index (χ4v) is 2.62. The molecule has 0 bridgehead atoms. The number of hydrogen-bond acceptors (Lipinski definition) is 5. The molecule has 1 N–H and O–H groups in total. The molecule has 2 heterocycles. The number of carbonyl (C=O) groups is 2. The van der Waals surface area contributed by atoms with Gasteiger partial charge in [-0.15, -0.1) is 0 Å². The lowest BCUT2D eigenvalue weighted by Crippen LogP contribution is -2.48. The van der Waals surface area contributed by atoms with E-state index in [4.69, 9.17) is 0 Å². The fourth-order valence-electron chi connectivity index (χ4n) is 2.62. The number of nitrogens with zero attached hydrogens (tertiary/aromatic N) is 4. The Hall–Kier alpha value is -3.22. The Kier molecular flexibility index (Phi) is 6.43. The van der Waals surface area contributed by atoms with Gasteiger partial charge in [0.25, 0.3) is 5.91 Å². The highest BCUT2D eigenvalue weighted by molar-refractivity contribution is 5.93. The molecular weight excluding hydrogens is 330 g/mol. The highest BCUT2D eigenvalue weighted by Gasteiger charge is 2.22. The minimum absolute atomic E-state index is 0.0815. The number of aromatic nitrogens is 2. The van der Waals surface area contributed by atoms with Gasteiger partial charge >= 0.3 is 0 Å². The molecule has 1 aliphatic rings. The van der Waals surface area contributed by atoms with Gasteiger partial charge in [0.2, 0.25) is 5.91 Å². The third-order valence-electron chi connectivity index (χ3n) is 4.04. The van der Waals surface area contributed by atoms with Gasteiger partial charge in [-0.05, 0) is 6.08 Å². The summed E-state index contributed by atoms with van der Waals surface area (Å²) in [5, 5.41) is 2.58. The van der Waals surface area contributed by atoms with Crippen LogP contribution >= 0.6 is 0 Å². The van der Waals surface area contributed by atoms with Crippen molar-refractivity contribution in [2.75, 3.05) is 38.1 Å². The lowest BCUT2D eigenvalue weighted by Gasteiger charge is -2.35. The molecule has 0 radical (unpaired) electrons. The minimum atomic E-state index is -0.294. The zero-order chi connectivity index (χ0) is 19.1. The molecule has 1 aromatic heterocycles. The molecule has 0 saturated carbocycles. The first-order valence-electron chi connectivity index (χ1n) is 8.27. The molecule has 0 aromatic carbocycles. The zero-order valence-electron chi connectivity index (χ0n) is 14.9. The van der Waals surface area contributed by atoms with Crippen molar-refractivity contribution >= 4 is 23.2 Å². The zero-order valence-corrected chi connectivity index (χ0v) is 14.9. The quantitative estimate of drug-likeness (QED) is 0.618. The van der Waals surface area contributed by atoms with E-state index in [1.54, 1.807) is 36.2 Å². The van der Waals surface area contributed by atoms with Crippen molar-refractivity contribution in [3.8, 4) is 0 Å². The summed E-state index contributed by atoms with van der Waals surface area (Å²) in [6.45, 7) is 13.3. The van der Waals surface area contributed by atoms with E-state index in [0.29, 0.717) is 43.4 Å². The number of allylic oxidation sites excluding steroid dienone is 4. The van der Waals surface area contributed by atoms with Crippen LogP contribution in [0.1, 0.15) is 16.3 Å². The summed E-state index contributed by atoms with van der Waals surface area (Å²) in [6, 6.07) is 1.65. The van der Waals surface area contributed by atoms with Gasteiger partial charge in [-0.25, -0.2) is 9.97 Å². The number of anilines is 1. The van der Waals surface area contributed by atoms with Gasteiger partial charge < -0.3 is 15.1 Å². The third-order valence-corrected chi connectivity index (χ3v) is 4.04. The Morgan fingerprint density at radius 1 is 1.12 bits per heavy atom. The highest BCUT2D eigenvalue weighted by atomic mass is 16.2. The van der Waals surface area contributed by atoms with Crippen molar-refractivity contribution in [3.05, 3.63) is 61.6 Å². The number of carbonyl (C=O) groups excluding carboxylic acids is 2. The molecular formula is C19H23N5O2. The van der Waals surface area contributed by atoms with Gasteiger partial charge in [0, 0.05) is 44.9 Å². The van der Waals surface area contributed by atoms with Crippen molar-refractivity contribution in [2.45, 2.75) is 0 Å². The van der Waals surface area contributed by atoms with Crippen molar-refractivity contribution in [1.29, 1.82) is 0 Å². The van der Waals surface area contributed by atoms with E-state index in [-0.39, 0.29) is 17.5 Å². The van der Waals surface area contributed by atoms with Crippen molar-refractivity contribution in [2.24, 2.45) is 0 Å². The predicted octanol–water partition coefficient (Wildman–Crippen LogP) is 1.43. The molecule has 1 aliphatic heterocycles. The topological polar surface area (TPSA) is 78.4 Å². The maximum Gasteiger partial charge on any atom is 0.269 e. The smallest absolute Gasteiger partial charge is 0.269 e. The molecule has 1 aromatic rings. The van der Waals surface area contributed by atoms with Crippen LogP contribution in [0.3, 0.4) is 0 Å². The van der Waals surface area contributed by atoms with Crippen LogP contribution in [0.2, 0.25) is 0 Å². The Labute approximate surface area is 153 Å². The second-order valence-electron chi connectivity index (χ2n) is 5.59. The predicted molar refractivity (Wildman–Crippen MR) is 103 cm³/mol. The first-order chi connectivity index (χ1) is 12.5. The molecule has 26 heavy (non-hydrogen) atoms. The largest absolute Gasteiger partial charge is 0.354 e. The van der Waals surface area contributed by atoms with E-state index in [9.17, 15) is 9.59 Å². The SMILES string of the molecule is C=C/C=C(\C=C)c1nc(C(=O)NC)cc(N2CCN(C(=O)C=C)CC2)n1.